The average Bonchev–Trinajstić information content (AvgIpc) is 3.65. The Hall–Kier alpha value is -3.69. The molecule has 5 rings (SSSR count). The van der Waals surface area contributed by atoms with E-state index in [0.29, 0.717) is 26.1 Å². The Morgan fingerprint density at radius 2 is 1.77 bits per heavy atom. The molecule has 1 unspecified atom stereocenters. The zero-order chi connectivity index (χ0) is 27.0. The molecular formula is C30H31N5O2S2. The van der Waals surface area contributed by atoms with Crippen molar-refractivity contribution >= 4 is 41.0 Å². The second-order valence-corrected chi connectivity index (χ2v) is 11.4. The van der Waals surface area contributed by atoms with E-state index in [9.17, 15) is 9.59 Å². The highest BCUT2D eigenvalue weighted by molar-refractivity contribution is 7.99. The van der Waals surface area contributed by atoms with Gasteiger partial charge in [-0.3, -0.25) is 14.2 Å². The molecule has 39 heavy (non-hydrogen) atoms. The van der Waals surface area contributed by atoms with Gasteiger partial charge in [-0.15, -0.1) is 21.5 Å². The molecule has 3 heterocycles. The molecule has 0 aliphatic carbocycles. The maximum atomic E-state index is 13.0. The van der Waals surface area contributed by atoms with E-state index in [0.717, 1.165) is 39.3 Å². The number of hydrogen-bond donors (Lipinski definition) is 0. The van der Waals surface area contributed by atoms with Gasteiger partial charge in [-0.05, 0) is 48.6 Å². The predicted molar refractivity (Wildman–Crippen MR) is 158 cm³/mol. The Labute approximate surface area is 237 Å². The van der Waals surface area contributed by atoms with E-state index < -0.39 is 0 Å². The van der Waals surface area contributed by atoms with Gasteiger partial charge < -0.3 is 9.80 Å². The number of piperazine rings is 1. The molecule has 1 aliphatic heterocycles. The van der Waals surface area contributed by atoms with Crippen molar-refractivity contribution in [3.8, 4) is 16.4 Å². The maximum Gasteiger partial charge on any atom is 0.246 e. The SMILES string of the molecule is CC1CN(C(=O)CCCSc2nnc(-c3cccs3)n2-c2ccccc2)CCN1C(=O)C=Cc1ccccc1. The average molecular weight is 558 g/mol. The number of thioether (sulfide) groups is 1. The molecular weight excluding hydrogens is 526 g/mol. The topological polar surface area (TPSA) is 71.3 Å². The van der Waals surface area contributed by atoms with Crippen LogP contribution in [0.5, 0.6) is 0 Å². The van der Waals surface area contributed by atoms with E-state index in [2.05, 4.69) is 33.0 Å². The molecule has 200 valence electrons. The second kappa shape index (κ2) is 12.9. The maximum absolute atomic E-state index is 13.0. The third-order valence-electron chi connectivity index (χ3n) is 6.64. The molecule has 0 saturated carbocycles. The predicted octanol–water partition coefficient (Wildman–Crippen LogP) is 5.64. The molecule has 9 heteroatoms. The van der Waals surface area contributed by atoms with Crippen LogP contribution in [0.15, 0.2) is 89.4 Å². The van der Waals surface area contributed by atoms with Crippen LogP contribution in [-0.4, -0.2) is 67.8 Å². The molecule has 0 N–H and O–H groups in total. The summed E-state index contributed by atoms with van der Waals surface area (Å²) in [5, 5.41) is 11.8. The van der Waals surface area contributed by atoms with Crippen molar-refractivity contribution in [3.63, 3.8) is 0 Å². The summed E-state index contributed by atoms with van der Waals surface area (Å²) in [6, 6.07) is 24.0. The summed E-state index contributed by atoms with van der Waals surface area (Å²) < 4.78 is 2.09. The van der Waals surface area contributed by atoms with Crippen LogP contribution in [0.25, 0.3) is 22.5 Å². The molecule has 1 atom stereocenters. The lowest BCUT2D eigenvalue weighted by Gasteiger charge is -2.39. The Balaban J connectivity index is 1.12. The molecule has 0 radical (unpaired) electrons. The first kappa shape index (κ1) is 26.9. The number of benzene rings is 2. The quantitative estimate of drug-likeness (QED) is 0.151. The smallest absolute Gasteiger partial charge is 0.246 e. The number of amides is 2. The van der Waals surface area contributed by atoms with E-state index in [4.69, 9.17) is 0 Å². The molecule has 2 amide bonds. The summed E-state index contributed by atoms with van der Waals surface area (Å²) in [6.45, 7) is 3.67. The van der Waals surface area contributed by atoms with E-state index in [1.165, 1.54) is 0 Å². The number of nitrogens with zero attached hydrogens (tertiary/aromatic N) is 5. The van der Waals surface area contributed by atoms with Crippen molar-refractivity contribution < 1.29 is 9.59 Å². The van der Waals surface area contributed by atoms with Crippen LogP contribution in [0.3, 0.4) is 0 Å². The van der Waals surface area contributed by atoms with Gasteiger partial charge >= 0.3 is 0 Å². The normalized spacial score (nSPS) is 15.7. The van der Waals surface area contributed by atoms with Crippen molar-refractivity contribution in [1.82, 2.24) is 24.6 Å². The highest BCUT2D eigenvalue weighted by atomic mass is 32.2. The highest BCUT2D eigenvalue weighted by Gasteiger charge is 2.28. The van der Waals surface area contributed by atoms with Gasteiger partial charge in [0.05, 0.1) is 4.88 Å². The number of thiophene rings is 1. The molecule has 7 nitrogen and oxygen atoms in total. The Bertz CT molecular complexity index is 1400. The minimum Gasteiger partial charge on any atom is -0.339 e. The van der Waals surface area contributed by atoms with E-state index in [1.54, 1.807) is 29.2 Å². The third kappa shape index (κ3) is 6.66. The van der Waals surface area contributed by atoms with Gasteiger partial charge in [-0.25, -0.2) is 0 Å². The molecule has 4 aromatic rings. The first-order valence-electron chi connectivity index (χ1n) is 13.1. The standard InChI is InChI=1S/C30H31N5O2S2/c1-23-22-33(18-19-34(23)28(37)17-16-24-10-4-2-5-11-24)27(36)15-9-21-39-30-32-31-29(26-14-8-20-38-26)35(30)25-12-6-3-7-13-25/h2-8,10-14,16-17,20,23H,9,15,18-19,21-22H2,1H3. The summed E-state index contributed by atoms with van der Waals surface area (Å²) >= 11 is 3.26. The molecule has 2 aromatic carbocycles. The van der Waals surface area contributed by atoms with Crippen LogP contribution in [0.2, 0.25) is 0 Å². The van der Waals surface area contributed by atoms with E-state index in [-0.39, 0.29) is 17.9 Å². The number of hydrogen-bond acceptors (Lipinski definition) is 6. The lowest BCUT2D eigenvalue weighted by Crippen LogP contribution is -2.55. The van der Waals surface area contributed by atoms with Crippen molar-refractivity contribution in [2.75, 3.05) is 25.4 Å². The third-order valence-corrected chi connectivity index (χ3v) is 8.52. The monoisotopic (exact) mass is 557 g/mol. The summed E-state index contributed by atoms with van der Waals surface area (Å²) in [6.07, 6.45) is 4.68. The number of aromatic nitrogens is 3. The van der Waals surface area contributed by atoms with Crippen LogP contribution >= 0.6 is 23.1 Å². The van der Waals surface area contributed by atoms with Crippen molar-refractivity contribution in [3.05, 3.63) is 89.8 Å². The van der Waals surface area contributed by atoms with Gasteiger partial charge in [-0.2, -0.15) is 0 Å². The molecule has 0 bridgehead atoms. The Morgan fingerprint density at radius 1 is 1.00 bits per heavy atom. The minimum absolute atomic E-state index is 0.0145. The molecule has 1 fully saturated rings. The largest absolute Gasteiger partial charge is 0.339 e. The molecule has 1 aliphatic rings. The molecule has 2 aromatic heterocycles. The lowest BCUT2D eigenvalue weighted by atomic mass is 10.1. The van der Waals surface area contributed by atoms with Gasteiger partial charge in [-0.1, -0.05) is 66.4 Å². The fraction of sp³-hybridized carbons (Fsp3) is 0.267. The summed E-state index contributed by atoms with van der Waals surface area (Å²) in [7, 11) is 0. The number of carbonyl (C=O) groups excluding carboxylic acids is 2. The summed E-state index contributed by atoms with van der Waals surface area (Å²) in [4.78, 5) is 30.5. The zero-order valence-electron chi connectivity index (χ0n) is 21.8. The highest BCUT2D eigenvalue weighted by Crippen LogP contribution is 2.30. The van der Waals surface area contributed by atoms with Gasteiger partial charge in [0.1, 0.15) is 0 Å². The zero-order valence-corrected chi connectivity index (χ0v) is 23.5. The van der Waals surface area contributed by atoms with Crippen molar-refractivity contribution in [1.29, 1.82) is 0 Å². The molecule has 0 spiro atoms. The van der Waals surface area contributed by atoms with Crippen molar-refractivity contribution in [2.24, 2.45) is 0 Å². The molecule has 1 saturated heterocycles. The lowest BCUT2D eigenvalue weighted by molar-refractivity contribution is -0.139. The number of carbonyl (C=O) groups is 2. The van der Waals surface area contributed by atoms with Crippen LogP contribution in [0.4, 0.5) is 0 Å². The van der Waals surface area contributed by atoms with Gasteiger partial charge in [0.15, 0.2) is 11.0 Å². The van der Waals surface area contributed by atoms with E-state index in [1.807, 2.05) is 82.8 Å². The van der Waals surface area contributed by atoms with E-state index >= 15 is 0 Å². The van der Waals surface area contributed by atoms with Crippen LogP contribution in [-0.2, 0) is 9.59 Å². The van der Waals surface area contributed by atoms with Crippen LogP contribution < -0.4 is 0 Å². The van der Waals surface area contributed by atoms with Gasteiger partial charge in [0.25, 0.3) is 0 Å². The van der Waals surface area contributed by atoms with Crippen LogP contribution in [0.1, 0.15) is 25.3 Å². The fourth-order valence-corrected chi connectivity index (χ4v) is 6.21. The first-order chi connectivity index (χ1) is 19.1. The number of para-hydroxylation sites is 1. The first-order valence-corrected chi connectivity index (χ1v) is 15.0. The second-order valence-electron chi connectivity index (χ2n) is 9.37. The Kier molecular flexibility index (Phi) is 8.90. The Morgan fingerprint density at radius 3 is 2.49 bits per heavy atom. The fourth-order valence-electron chi connectivity index (χ4n) is 4.62. The minimum atomic E-state index is -0.0231. The summed E-state index contributed by atoms with van der Waals surface area (Å²) in [5.41, 5.74) is 2.01. The van der Waals surface area contributed by atoms with Crippen molar-refractivity contribution in [2.45, 2.75) is 31.0 Å². The number of rotatable bonds is 9. The van der Waals surface area contributed by atoms with Crippen LogP contribution in [0, 0.1) is 0 Å². The van der Waals surface area contributed by atoms with Gasteiger partial charge in [0, 0.05) is 49.6 Å². The van der Waals surface area contributed by atoms with Gasteiger partial charge in [0.2, 0.25) is 11.8 Å². The summed E-state index contributed by atoms with van der Waals surface area (Å²) in [5.74, 6) is 1.71.